The van der Waals surface area contributed by atoms with E-state index in [0.29, 0.717) is 19.4 Å². The van der Waals surface area contributed by atoms with Gasteiger partial charge in [0.2, 0.25) is 11.8 Å². The number of amides is 2. The van der Waals surface area contributed by atoms with Crippen LogP contribution in [0.3, 0.4) is 0 Å². The number of carbonyl (C=O) groups excluding carboxylic acids is 2. The molecule has 1 saturated carbocycles. The number of nitrogens with zero attached hydrogens (tertiary/aromatic N) is 2. The van der Waals surface area contributed by atoms with Crippen molar-refractivity contribution >= 4 is 45.5 Å². The average Bonchev–Trinajstić information content (AvgIpc) is 3.37. The van der Waals surface area contributed by atoms with Gasteiger partial charge in [-0.3, -0.25) is 14.4 Å². The molecule has 4 aliphatic rings. The van der Waals surface area contributed by atoms with Crippen LogP contribution in [0.1, 0.15) is 51.9 Å². The fourth-order valence-electron chi connectivity index (χ4n) is 6.54. The average molecular weight is 529 g/mol. The summed E-state index contributed by atoms with van der Waals surface area (Å²) in [5, 5.41) is 19.9. The summed E-state index contributed by atoms with van der Waals surface area (Å²) in [7, 11) is 0. The SMILES string of the molecule is C=CCN(C(=O)C1N([C@@H](CC)CO)C(=O)[C@@H]2[C@H](C(=O)O)[C@H]3SC12CC3Br)C1CCCCC1. The summed E-state index contributed by atoms with van der Waals surface area (Å²) in [6.07, 6.45) is 7.99. The van der Waals surface area contributed by atoms with E-state index in [2.05, 4.69) is 22.5 Å². The first kappa shape index (κ1) is 24.1. The lowest BCUT2D eigenvalue weighted by Crippen LogP contribution is -2.59. The maximum atomic E-state index is 14.3. The van der Waals surface area contributed by atoms with Crippen molar-refractivity contribution in [1.82, 2.24) is 9.80 Å². The number of aliphatic hydroxyl groups is 1. The molecule has 3 heterocycles. The van der Waals surface area contributed by atoms with Gasteiger partial charge in [0.15, 0.2) is 0 Å². The highest BCUT2D eigenvalue weighted by molar-refractivity contribution is 9.09. The molecule has 0 aromatic heterocycles. The number of thioether (sulfide) groups is 1. The highest BCUT2D eigenvalue weighted by Crippen LogP contribution is 2.68. The Morgan fingerprint density at radius 1 is 1.38 bits per heavy atom. The zero-order chi connectivity index (χ0) is 23.2. The van der Waals surface area contributed by atoms with E-state index in [1.807, 2.05) is 11.8 Å². The molecule has 4 fully saturated rings. The van der Waals surface area contributed by atoms with Gasteiger partial charge in [0.25, 0.3) is 0 Å². The molecule has 0 aromatic rings. The van der Waals surface area contributed by atoms with Crippen LogP contribution in [0.25, 0.3) is 0 Å². The Labute approximate surface area is 202 Å². The Bertz CT molecular complexity index is 786. The van der Waals surface area contributed by atoms with Gasteiger partial charge in [-0.2, -0.15) is 0 Å². The van der Waals surface area contributed by atoms with Crippen LogP contribution in [0.5, 0.6) is 0 Å². The zero-order valence-electron chi connectivity index (χ0n) is 18.5. The molecule has 7 nitrogen and oxygen atoms in total. The second kappa shape index (κ2) is 9.29. The number of aliphatic hydroxyl groups excluding tert-OH is 1. The van der Waals surface area contributed by atoms with Crippen LogP contribution < -0.4 is 0 Å². The molecule has 2 amide bonds. The highest BCUT2D eigenvalue weighted by Gasteiger charge is 2.76. The van der Waals surface area contributed by atoms with Gasteiger partial charge in [-0.15, -0.1) is 18.3 Å². The van der Waals surface area contributed by atoms with E-state index in [1.54, 1.807) is 11.0 Å². The summed E-state index contributed by atoms with van der Waals surface area (Å²) in [5.74, 6) is -2.95. The van der Waals surface area contributed by atoms with Crippen molar-refractivity contribution in [2.75, 3.05) is 13.2 Å². The molecule has 1 spiro atoms. The molecule has 3 saturated heterocycles. The molecule has 1 aliphatic carbocycles. The number of hydrogen-bond acceptors (Lipinski definition) is 5. The summed E-state index contributed by atoms with van der Waals surface area (Å²) in [5.41, 5.74) is 0. The standard InChI is InChI=1S/C23H33BrN2O5S/c1-3-10-25(14-8-6-5-7-9-14)21(29)19-23-11-15(24)18(32-23)16(22(30)31)17(23)20(28)26(19)13(4-2)12-27/h3,13-19,27H,1,4-12H2,2H3,(H,30,31)/t13-,15?,16-,17-,18-,19?,23?/m0/s1. The number of likely N-dealkylation sites (tertiary alicyclic amines) is 1. The zero-order valence-corrected chi connectivity index (χ0v) is 20.9. The van der Waals surface area contributed by atoms with Gasteiger partial charge in [0.1, 0.15) is 6.04 Å². The minimum Gasteiger partial charge on any atom is -0.481 e. The number of hydrogen-bond donors (Lipinski definition) is 2. The maximum absolute atomic E-state index is 14.3. The summed E-state index contributed by atoms with van der Waals surface area (Å²) in [6.45, 7) is 5.91. The molecule has 0 radical (unpaired) electrons. The molecule has 3 unspecified atom stereocenters. The van der Waals surface area contributed by atoms with Crippen LogP contribution in [0.2, 0.25) is 0 Å². The molecule has 2 N–H and O–H groups in total. The molecule has 4 rings (SSSR count). The minimum atomic E-state index is -0.979. The van der Waals surface area contributed by atoms with Gasteiger partial charge in [-0.1, -0.05) is 48.2 Å². The largest absolute Gasteiger partial charge is 0.481 e. The number of carboxylic acids is 1. The summed E-state index contributed by atoms with van der Waals surface area (Å²) >= 11 is 5.18. The predicted molar refractivity (Wildman–Crippen MR) is 127 cm³/mol. The quantitative estimate of drug-likeness (QED) is 0.371. The third-order valence-corrected chi connectivity index (χ3v) is 11.2. The predicted octanol–water partition coefficient (Wildman–Crippen LogP) is 2.65. The summed E-state index contributed by atoms with van der Waals surface area (Å²) < 4.78 is -0.785. The fourth-order valence-corrected chi connectivity index (χ4v) is 10.1. The highest BCUT2D eigenvalue weighted by atomic mass is 79.9. The number of alkyl halides is 1. The summed E-state index contributed by atoms with van der Waals surface area (Å²) in [6, 6.07) is -1.16. The molecule has 0 aromatic carbocycles. The Morgan fingerprint density at radius 3 is 2.62 bits per heavy atom. The number of aliphatic carboxylic acids is 1. The van der Waals surface area contributed by atoms with Gasteiger partial charge in [0.05, 0.1) is 29.2 Å². The molecule has 32 heavy (non-hydrogen) atoms. The molecule has 3 aliphatic heterocycles. The van der Waals surface area contributed by atoms with E-state index in [0.717, 1.165) is 32.1 Å². The third-order valence-electron chi connectivity index (χ3n) is 7.95. The number of fused-ring (bicyclic) bond motifs is 1. The molecule has 178 valence electrons. The van der Waals surface area contributed by atoms with Crippen molar-refractivity contribution in [3.8, 4) is 0 Å². The lowest BCUT2D eigenvalue weighted by molar-refractivity contribution is -0.150. The topological polar surface area (TPSA) is 98.2 Å². The number of carbonyl (C=O) groups is 3. The van der Waals surface area contributed by atoms with Crippen molar-refractivity contribution in [2.45, 2.75) is 84.8 Å². The second-order valence-corrected chi connectivity index (χ2v) is 12.3. The van der Waals surface area contributed by atoms with Crippen LogP contribution in [-0.4, -0.2) is 83.9 Å². The Kier molecular flexibility index (Phi) is 6.99. The van der Waals surface area contributed by atoms with Gasteiger partial charge in [-0.05, 0) is 25.7 Å². The Hall–Kier alpha value is -1.06. The number of carboxylic acid groups (broad SMARTS) is 1. The third kappa shape index (κ3) is 3.54. The minimum absolute atomic E-state index is 0.0652. The van der Waals surface area contributed by atoms with Crippen molar-refractivity contribution in [2.24, 2.45) is 11.8 Å². The van der Waals surface area contributed by atoms with E-state index in [-0.39, 0.29) is 34.5 Å². The van der Waals surface area contributed by atoms with Crippen molar-refractivity contribution in [3.63, 3.8) is 0 Å². The second-order valence-electron chi connectivity index (χ2n) is 9.56. The van der Waals surface area contributed by atoms with Crippen molar-refractivity contribution < 1.29 is 24.6 Å². The first-order valence-corrected chi connectivity index (χ1v) is 13.5. The van der Waals surface area contributed by atoms with Gasteiger partial charge in [0, 0.05) is 22.7 Å². The number of rotatable bonds is 8. The first-order valence-electron chi connectivity index (χ1n) is 11.7. The van der Waals surface area contributed by atoms with Crippen molar-refractivity contribution in [3.05, 3.63) is 12.7 Å². The molecule has 2 bridgehead atoms. The summed E-state index contributed by atoms with van der Waals surface area (Å²) in [4.78, 5) is 43.6. The molecular weight excluding hydrogens is 496 g/mol. The van der Waals surface area contributed by atoms with Crippen LogP contribution in [-0.2, 0) is 14.4 Å². The smallest absolute Gasteiger partial charge is 0.308 e. The Balaban J connectivity index is 1.79. The van der Waals surface area contributed by atoms with E-state index >= 15 is 0 Å². The first-order chi connectivity index (χ1) is 15.3. The normalized spacial score (nSPS) is 37.4. The Morgan fingerprint density at radius 2 is 2.06 bits per heavy atom. The fraction of sp³-hybridized carbons (Fsp3) is 0.783. The van der Waals surface area contributed by atoms with Crippen LogP contribution in [0, 0.1) is 11.8 Å². The van der Waals surface area contributed by atoms with Crippen LogP contribution in [0.15, 0.2) is 12.7 Å². The molecular formula is C23H33BrN2O5S. The van der Waals surface area contributed by atoms with Crippen LogP contribution in [0.4, 0.5) is 0 Å². The number of halogens is 1. The van der Waals surface area contributed by atoms with Gasteiger partial charge >= 0.3 is 5.97 Å². The molecule has 9 heteroatoms. The van der Waals surface area contributed by atoms with Crippen LogP contribution >= 0.6 is 27.7 Å². The van der Waals surface area contributed by atoms with Gasteiger partial charge in [-0.25, -0.2) is 0 Å². The van der Waals surface area contributed by atoms with Crippen molar-refractivity contribution in [1.29, 1.82) is 0 Å². The van der Waals surface area contributed by atoms with E-state index in [4.69, 9.17) is 0 Å². The maximum Gasteiger partial charge on any atom is 0.308 e. The van der Waals surface area contributed by atoms with E-state index in [9.17, 15) is 24.6 Å². The monoisotopic (exact) mass is 528 g/mol. The lowest BCUT2D eigenvalue weighted by Gasteiger charge is -2.42. The van der Waals surface area contributed by atoms with Gasteiger partial charge < -0.3 is 20.0 Å². The lowest BCUT2D eigenvalue weighted by atomic mass is 9.71. The van der Waals surface area contributed by atoms with E-state index in [1.165, 1.54) is 11.8 Å². The molecule has 7 atom stereocenters. The van der Waals surface area contributed by atoms with E-state index < -0.39 is 34.6 Å².